The van der Waals surface area contributed by atoms with Crippen molar-refractivity contribution in [3.63, 3.8) is 0 Å². The number of aliphatic hydroxyl groups excluding tert-OH is 1. The van der Waals surface area contributed by atoms with E-state index in [9.17, 15) is 15.2 Å². The minimum absolute atomic E-state index is 0.146. The summed E-state index contributed by atoms with van der Waals surface area (Å²) in [7, 11) is 0. The number of nitro benzene ring substituents is 1. The van der Waals surface area contributed by atoms with Crippen LogP contribution in [0.2, 0.25) is 0 Å². The Balaban J connectivity index is 1.28. The van der Waals surface area contributed by atoms with Crippen molar-refractivity contribution in [2.24, 2.45) is 0 Å². The zero-order valence-electron chi connectivity index (χ0n) is 16.6. The average Bonchev–Trinajstić information content (AvgIpc) is 3.41. The van der Waals surface area contributed by atoms with E-state index in [1.807, 2.05) is 24.4 Å². The molecule has 3 heterocycles. The van der Waals surface area contributed by atoms with Gasteiger partial charge in [0.25, 0.3) is 5.69 Å². The van der Waals surface area contributed by atoms with Gasteiger partial charge in [0, 0.05) is 67.5 Å². The summed E-state index contributed by atoms with van der Waals surface area (Å²) >= 11 is 1.62. The maximum Gasteiger partial charge on any atom is 0.278 e. The number of benzene rings is 1. The Bertz CT molecular complexity index is 967. The number of thiophene rings is 1. The Labute approximate surface area is 179 Å². The van der Waals surface area contributed by atoms with Crippen molar-refractivity contribution in [3.05, 3.63) is 69.8 Å². The predicted octanol–water partition coefficient (Wildman–Crippen LogP) is 2.70. The molecule has 0 saturated carbocycles. The molecule has 30 heavy (non-hydrogen) atoms. The van der Waals surface area contributed by atoms with Gasteiger partial charge in [-0.15, -0.1) is 11.3 Å². The second-order valence-corrected chi connectivity index (χ2v) is 8.67. The fraction of sp³-hybridized carbons (Fsp3) is 0.381. The quantitative estimate of drug-likeness (QED) is 0.439. The van der Waals surface area contributed by atoms with Crippen LogP contribution in [0.3, 0.4) is 0 Å². The third kappa shape index (κ3) is 5.11. The first-order valence-electron chi connectivity index (χ1n) is 10.0. The summed E-state index contributed by atoms with van der Waals surface area (Å²) in [6.45, 7) is 5.71. The van der Waals surface area contributed by atoms with Gasteiger partial charge in [-0.3, -0.25) is 24.6 Å². The van der Waals surface area contributed by atoms with Crippen LogP contribution in [0.5, 0.6) is 0 Å². The van der Waals surface area contributed by atoms with E-state index in [1.54, 1.807) is 40.4 Å². The molecule has 8 nitrogen and oxygen atoms in total. The Morgan fingerprint density at radius 2 is 1.83 bits per heavy atom. The number of piperazine rings is 1. The maximum atomic E-state index is 11.3. The summed E-state index contributed by atoms with van der Waals surface area (Å²) in [5.74, 6) is 0. The monoisotopic (exact) mass is 427 g/mol. The fourth-order valence-corrected chi connectivity index (χ4v) is 4.86. The van der Waals surface area contributed by atoms with Crippen LogP contribution in [0, 0.1) is 10.1 Å². The minimum Gasteiger partial charge on any atom is -0.390 e. The van der Waals surface area contributed by atoms with Crippen molar-refractivity contribution >= 4 is 17.0 Å². The summed E-state index contributed by atoms with van der Waals surface area (Å²) in [6, 6.07) is 12.8. The fourth-order valence-electron chi connectivity index (χ4n) is 3.78. The van der Waals surface area contributed by atoms with Crippen LogP contribution in [0.4, 0.5) is 5.69 Å². The molecular weight excluding hydrogens is 402 g/mol. The van der Waals surface area contributed by atoms with Crippen LogP contribution in [-0.2, 0) is 13.1 Å². The van der Waals surface area contributed by atoms with Gasteiger partial charge in [0.2, 0.25) is 0 Å². The normalized spacial score (nSPS) is 16.6. The van der Waals surface area contributed by atoms with Crippen LogP contribution in [0.15, 0.2) is 54.9 Å². The zero-order valence-corrected chi connectivity index (χ0v) is 17.4. The number of aromatic nitrogens is 2. The van der Waals surface area contributed by atoms with Gasteiger partial charge in [-0.25, -0.2) is 0 Å². The molecule has 1 aromatic carbocycles. The summed E-state index contributed by atoms with van der Waals surface area (Å²) in [4.78, 5) is 17.8. The zero-order chi connectivity index (χ0) is 20.9. The Morgan fingerprint density at radius 1 is 1.07 bits per heavy atom. The Hall–Kier alpha value is -2.59. The van der Waals surface area contributed by atoms with Crippen molar-refractivity contribution in [1.29, 1.82) is 0 Å². The summed E-state index contributed by atoms with van der Waals surface area (Å²) in [5, 5.41) is 25.7. The molecule has 2 aromatic heterocycles. The summed E-state index contributed by atoms with van der Waals surface area (Å²) in [6.07, 6.45) is 3.15. The second kappa shape index (κ2) is 9.48. The maximum absolute atomic E-state index is 11.3. The molecule has 158 valence electrons. The van der Waals surface area contributed by atoms with Gasteiger partial charge in [0.05, 0.1) is 23.1 Å². The highest BCUT2D eigenvalue weighted by molar-refractivity contribution is 7.15. The molecule has 0 amide bonds. The number of hydrogen-bond acceptors (Lipinski definition) is 7. The number of para-hydroxylation sites is 1. The number of nitrogens with zero attached hydrogens (tertiary/aromatic N) is 5. The first-order chi connectivity index (χ1) is 14.6. The molecule has 1 aliphatic heterocycles. The van der Waals surface area contributed by atoms with Gasteiger partial charge in [-0.2, -0.15) is 5.10 Å². The number of aliphatic hydroxyl groups is 1. The number of rotatable bonds is 8. The molecule has 1 fully saturated rings. The topological polar surface area (TPSA) is 87.7 Å². The van der Waals surface area contributed by atoms with Crippen LogP contribution >= 0.6 is 11.3 Å². The summed E-state index contributed by atoms with van der Waals surface area (Å²) in [5.41, 5.74) is 0.822. The molecule has 0 spiro atoms. The molecule has 1 N–H and O–H groups in total. The van der Waals surface area contributed by atoms with Crippen LogP contribution in [-0.4, -0.2) is 68.4 Å². The Morgan fingerprint density at radius 3 is 2.57 bits per heavy atom. The van der Waals surface area contributed by atoms with Gasteiger partial charge >= 0.3 is 0 Å². The van der Waals surface area contributed by atoms with Gasteiger partial charge in [-0.1, -0.05) is 12.1 Å². The smallest absolute Gasteiger partial charge is 0.278 e. The average molecular weight is 428 g/mol. The molecule has 1 atom stereocenters. The molecule has 4 rings (SSSR count). The SMILES string of the molecule is O=[N+]([O-])c1ccccc1-c1ccc(CN2CCN(C[C@@H](O)Cn3cccn3)CC2)s1. The van der Waals surface area contributed by atoms with E-state index in [0.717, 1.165) is 37.6 Å². The van der Waals surface area contributed by atoms with Crippen LogP contribution < -0.4 is 0 Å². The van der Waals surface area contributed by atoms with Crippen LogP contribution in [0.25, 0.3) is 10.4 Å². The van der Waals surface area contributed by atoms with E-state index in [0.29, 0.717) is 18.7 Å². The largest absolute Gasteiger partial charge is 0.390 e. The number of β-amino-alcohol motifs (C(OH)–C–C–N with tert-alkyl or cyclic N) is 1. The minimum atomic E-state index is -0.432. The molecule has 0 unspecified atom stereocenters. The predicted molar refractivity (Wildman–Crippen MR) is 116 cm³/mol. The molecule has 0 bridgehead atoms. The third-order valence-corrected chi connectivity index (χ3v) is 6.40. The highest BCUT2D eigenvalue weighted by Gasteiger charge is 2.21. The first-order valence-corrected chi connectivity index (χ1v) is 10.8. The van der Waals surface area contributed by atoms with E-state index in [4.69, 9.17) is 0 Å². The second-order valence-electron chi connectivity index (χ2n) is 7.50. The Kier molecular flexibility index (Phi) is 6.53. The molecule has 9 heteroatoms. The molecular formula is C21H25N5O3S. The van der Waals surface area contributed by atoms with Crippen molar-refractivity contribution < 1.29 is 10.0 Å². The lowest BCUT2D eigenvalue weighted by molar-refractivity contribution is -0.384. The number of hydrogen-bond donors (Lipinski definition) is 1. The van der Waals surface area contributed by atoms with Gasteiger partial charge < -0.3 is 5.11 Å². The van der Waals surface area contributed by atoms with E-state index < -0.39 is 6.10 Å². The lowest BCUT2D eigenvalue weighted by Gasteiger charge is -2.35. The molecule has 3 aromatic rings. The lowest BCUT2D eigenvalue weighted by atomic mass is 10.1. The van der Waals surface area contributed by atoms with Gasteiger partial charge in [-0.05, 0) is 24.3 Å². The standard InChI is InChI=1S/C21H25N5O3S/c27-17(15-25-9-3-8-22-25)14-23-10-12-24(13-11-23)16-18-6-7-21(30-18)19-4-1-2-5-20(19)26(28)29/h1-9,17,27H,10-16H2/t17-/m1/s1. The first kappa shape index (κ1) is 20.7. The van der Waals surface area contributed by atoms with E-state index in [1.165, 1.54) is 4.88 Å². The molecule has 1 saturated heterocycles. The van der Waals surface area contributed by atoms with Crippen LogP contribution in [0.1, 0.15) is 4.88 Å². The highest BCUT2D eigenvalue weighted by Crippen LogP contribution is 2.35. The highest BCUT2D eigenvalue weighted by atomic mass is 32.1. The van der Waals surface area contributed by atoms with E-state index >= 15 is 0 Å². The van der Waals surface area contributed by atoms with Crippen molar-refractivity contribution in [2.45, 2.75) is 19.2 Å². The number of nitro groups is 1. The molecule has 0 aliphatic carbocycles. The third-order valence-electron chi connectivity index (χ3n) is 5.30. The molecule has 1 aliphatic rings. The molecule has 0 radical (unpaired) electrons. The van der Waals surface area contributed by atoms with Crippen molar-refractivity contribution in [1.82, 2.24) is 19.6 Å². The summed E-state index contributed by atoms with van der Waals surface area (Å²) < 4.78 is 1.76. The van der Waals surface area contributed by atoms with Gasteiger partial charge in [0.1, 0.15) is 0 Å². The van der Waals surface area contributed by atoms with Gasteiger partial charge in [0.15, 0.2) is 0 Å². The van der Waals surface area contributed by atoms with Crippen molar-refractivity contribution in [3.8, 4) is 10.4 Å². The van der Waals surface area contributed by atoms with E-state index in [2.05, 4.69) is 21.0 Å². The van der Waals surface area contributed by atoms with Crippen molar-refractivity contribution in [2.75, 3.05) is 32.7 Å². The van der Waals surface area contributed by atoms with E-state index in [-0.39, 0.29) is 10.6 Å². The lowest BCUT2D eigenvalue weighted by Crippen LogP contribution is -2.48.